The molecule has 0 fully saturated rings. The van der Waals surface area contributed by atoms with Crippen molar-refractivity contribution >= 4 is 39.0 Å². The average Bonchev–Trinajstić information content (AvgIpc) is 2.30. The maximum absolute atomic E-state index is 11.8. The lowest BCUT2D eigenvalue weighted by molar-refractivity contribution is -0.139. The Morgan fingerprint density at radius 1 is 1.50 bits per heavy atom. The number of halogens is 1. The molecule has 0 aliphatic rings. The highest BCUT2D eigenvalue weighted by Gasteiger charge is 2.29. The third-order valence-corrected chi connectivity index (χ3v) is 4.18. The fourth-order valence-corrected chi connectivity index (χ4v) is 2.45. The van der Waals surface area contributed by atoms with Crippen molar-refractivity contribution < 1.29 is 17.9 Å². The van der Waals surface area contributed by atoms with E-state index < -0.39 is 21.2 Å². The van der Waals surface area contributed by atoms with Crippen molar-refractivity contribution in [1.82, 2.24) is 0 Å². The standard InChI is InChI=1S/C10H13ClN2O4S/c1-6(10(14)17-2)18(15,16)13-9-4-3-7(12)5-8(9)11/h3-6,13H,12H2,1-2H3. The zero-order valence-corrected chi connectivity index (χ0v) is 11.4. The van der Waals surface area contributed by atoms with Crippen LogP contribution in [0.3, 0.4) is 0 Å². The van der Waals surface area contributed by atoms with Gasteiger partial charge in [-0.3, -0.25) is 9.52 Å². The second kappa shape index (κ2) is 5.45. The fourth-order valence-electron chi connectivity index (χ4n) is 1.15. The number of sulfonamides is 1. The lowest BCUT2D eigenvalue weighted by atomic mass is 10.3. The first-order valence-corrected chi connectivity index (χ1v) is 6.85. The lowest BCUT2D eigenvalue weighted by Crippen LogP contribution is -2.33. The molecule has 0 heterocycles. The first kappa shape index (κ1) is 14.6. The molecule has 8 heteroatoms. The summed E-state index contributed by atoms with van der Waals surface area (Å²) < 4.78 is 30.3. The van der Waals surface area contributed by atoms with Gasteiger partial charge in [0.15, 0.2) is 5.25 Å². The number of nitrogens with one attached hydrogen (secondary N) is 1. The molecule has 100 valence electrons. The molecule has 1 rings (SSSR count). The van der Waals surface area contributed by atoms with Crippen molar-refractivity contribution in [3.63, 3.8) is 0 Å². The Morgan fingerprint density at radius 2 is 2.11 bits per heavy atom. The molecule has 1 atom stereocenters. The predicted molar refractivity (Wildman–Crippen MR) is 69.9 cm³/mol. The molecule has 0 aliphatic carbocycles. The van der Waals surface area contributed by atoms with E-state index in [2.05, 4.69) is 9.46 Å². The van der Waals surface area contributed by atoms with Gasteiger partial charge in [-0.1, -0.05) is 11.6 Å². The third-order valence-electron chi connectivity index (χ3n) is 2.24. The molecule has 6 nitrogen and oxygen atoms in total. The molecule has 0 saturated carbocycles. The molecular weight excluding hydrogens is 280 g/mol. The van der Waals surface area contributed by atoms with E-state index in [9.17, 15) is 13.2 Å². The number of carbonyl (C=O) groups is 1. The van der Waals surface area contributed by atoms with Gasteiger partial charge in [0.1, 0.15) is 0 Å². The SMILES string of the molecule is COC(=O)C(C)S(=O)(=O)Nc1ccc(N)cc1Cl. The number of hydrogen-bond acceptors (Lipinski definition) is 5. The number of nitrogens with two attached hydrogens (primary N) is 1. The normalized spacial score (nSPS) is 12.8. The largest absolute Gasteiger partial charge is 0.468 e. The summed E-state index contributed by atoms with van der Waals surface area (Å²) in [6.07, 6.45) is 0. The maximum atomic E-state index is 11.8. The van der Waals surface area contributed by atoms with Crippen LogP contribution in [0, 0.1) is 0 Å². The van der Waals surface area contributed by atoms with Gasteiger partial charge in [0.2, 0.25) is 10.0 Å². The first-order chi connectivity index (χ1) is 8.27. The van der Waals surface area contributed by atoms with E-state index in [0.717, 1.165) is 7.11 Å². The number of ether oxygens (including phenoxy) is 1. The van der Waals surface area contributed by atoms with Crippen LogP contribution in [-0.4, -0.2) is 26.7 Å². The van der Waals surface area contributed by atoms with Gasteiger partial charge in [0, 0.05) is 5.69 Å². The molecule has 0 amide bonds. The van der Waals surface area contributed by atoms with Crippen LogP contribution in [0.15, 0.2) is 18.2 Å². The highest BCUT2D eigenvalue weighted by Crippen LogP contribution is 2.25. The number of rotatable bonds is 4. The van der Waals surface area contributed by atoms with Crippen LogP contribution in [-0.2, 0) is 19.6 Å². The van der Waals surface area contributed by atoms with Crippen molar-refractivity contribution in [3.05, 3.63) is 23.2 Å². The molecule has 0 radical (unpaired) electrons. The van der Waals surface area contributed by atoms with Crippen LogP contribution in [0.1, 0.15) is 6.92 Å². The van der Waals surface area contributed by atoms with E-state index >= 15 is 0 Å². The quantitative estimate of drug-likeness (QED) is 0.642. The Kier molecular flexibility index (Phi) is 4.42. The lowest BCUT2D eigenvalue weighted by Gasteiger charge is -2.14. The number of hydrogen-bond donors (Lipinski definition) is 2. The molecule has 0 bridgehead atoms. The topological polar surface area (TPSA) is 98.5 Å². The molecule has 0 aliphatic heterocycles. The smallest absolute Gasteiger partial charge is 0.325 e. The Morgan fingerprint density at radius 3 is 2.61 bits per heavy atom. The third kappa shape index (κ3) is 3.27. The van der Waals surface area contributed by atoms with Gasteiger partial charge in [0.05, 0.1) is 17.8 Å². The number of benzene rings is 1. The van der Waals surface area contributed by atoms with Gasteiger partial charge in [-0.2, -0.15) is 0 Å². The van der Waals surface area contributed by atoms with Gasteiger partial charge in [-0.05, 0) is 25.1 Å². The van der Waals surface area contributed by atoms with Gasteiger partial charge >= 0.3 is 5.97 Å². The summed E-state index contributed by atoms with van der Waals surface area (Å²) in [5.74, 6) is -0.853. The van der Waals surface area contributed by atoms with Crippen LogP contribution in [0.5, 0.6) is 0 Å². The van der Waals surface area contributed by atoms with E-state index in [0.29, 0.717) is 5.69 Å². The summed E-state index contributed by atoms with van der Waals surface area (Å²) in [6.45, 7) is 1.22. The Bertz CT molecular complexity index is 559. The molecule has 1 unspecified atom stereocenters. The average molecular weight is 293 g/mol. The highest BCUT2D eigenvalue weighted by atomic mass is 35.5. The van der Waals surface area contributed by atoms with E-state index in [1.807, 2.05) is 0 Å². The number of anilines is 2. The van der Waals surface area contributed by atoms with E-state index in [4.69, 9.17) is 17.3 Å². The minimum Gasteiger partial charge on any atom is -0.468 e. The van der Waals surface area contributed by atoms with Crippen molar-refractivity contribution in [3.8, 4) is 0 Å². The van der Waals surface area contributed by atoms with Gasteiger partial charge in [-0.15, -0.1) is 0 Å². The van der Waals surface area contributed by atoms with Crippen LogP contribution in [0.4, 0.5) is 11.4 Å². The first-order valence-electron chi connectivity index (χ1n) is 4.92. The van der Waals surface area contributed by atoms with Crippen LogP contribution in [0.25, 0.3) is 0 Å². The van der Waals surface area contributed by atoms with Crippen LogP contribution in [0.2, 0.25) is 5.02 Å². The molecule has 1 aromatic rings. The zero-order valence-electron chi connectivity index (χ0n) is 9.81. The second-order valence-electron chi connectivity index (χ2n) is 3.55. The van der Waals surface area contributed by atoms with Crippen molar-refractivity contribution in [1.29, 1.82) is 0 Å². The maximum Gasteiger partial charge on any atom is 0.325 e. The summed E-state index contributed by atoms with van der Waals surface area (Å²) in [5.41, 5.74) is 6.05. The van der Waals surface area contributed by atoms with Crippen LogP contribution < -0.4 is 10.5 Å². The van der Waals surface area contributed by atoms with Gasteiger partial charge in [-0.25, -0.2) is 8.42 Å². The number of nitrogen functional groups attached to an aromatic ring is 1. The fraction of sp³-hybridized carbons (Fsp3) is 0.300. The molecule has 1 aromatic carbocycles. The second-order valence-corrected chi connectivity index (χ2v) is 5.96. The Balaban J connectivity index is 2.99. The molecule has 0 spiro atoms. The number of methoxy groups -OCH3 is 1. The zero-order chi connectivity index (χ0) is 13.9. The molecule has 18 heavy (non-hydrogen) atoms. The van der Waals surface area contributed by atoms with E-state index in [1.165, 1.54) is 25.1 Å². The van der Waals surface area contributed by atoms with Gasteiger partial charge < -0.3 is 10.5 Å². The van der Waals surface area contributed by atoms with Crippen molar-refractivity contribution in [2.75, 3.05) is 17.6 Å². The van der Waals surface area contributed by atoms with Crippen molar-refractivity contribution in [2.24, 2.45) is 0 Å². The van der Waals surface area contributed by atoms with Crippen LogP contribution >= 0.6 is 11.6 Å². The molecular formula is C10H13ClN2O4S. The summed E-state index contributed by atoms with van der Waals surface area (Å²) in [4.78, 5) is 11.2. The minimum atomic E-state index is -3.91. The number of carbonyl (C=O) groups excluding carboxylic acids is 1. The summed E-state index contributed by atoms with van der Waals surface area (Å²) >= 11 is 5.83. The summed E-state index contributed by atoms with van der Waals surface area (Å²) in [6, 6.07) is 4.31. The Labute approximate surface area is 110 Å². The van der Waals surface area contributed by atoms with E-state index in [1.54, 1.807) is 0 Å². The van der Waals surface area contributed by atoms with Crippen molar-refractivity contribution in [2.45, 2.75) is 12.2 Å². The molecule has 0 aromatic heterocycles. The summed E-state index contributed by atoms with van der Waals surface area (Å²) in [5, 5.41) is -1.19. The van der Waals surface area contributed by atoms with Gasteiger partial charge in [0.25, 0.3) is 0 Å². The monoisotopic (exact) mass is 292 g/mol. The predicted octanol–water partition coefficient (Wildman–Crippen LogP) is 1.23. The van der Waals surface area contributed by atoms with E-state index in [-0.39, 0.29) is 10.7 Å². The minimum absolute atomic E-state index is 0.149. The summed E-state index contributed by atoms with van der Waals surface area (Å²) in [7, 11) is -2.79. The Hall–Kier alpha value is -1.47. The molecule has 0 saturated heterocycles. The highest BCUT2D eigenvalue weighted by molar-refractivity contribution is 7.94. The molecule has 3 N–H and O–H groups in total. The number of esters is 1.